The number of benzene rings is 2. The maximum atomic E-state index is 12.7. The fourth-order valence-corrected chi connectivity index (χ4v) is 2.46. The second-order valence-corrected chi connectivity index (χ2v) is 5.40. The summed E-state index contributed by atoms with van der Waals surface area (Å²) in [6.45, 7) is 0. The Morgan fingerprint density at radius 2 is 1.76 bits per heavy atom. The minimum Gasteiger partial charge on any atom is -0.477 e. The molecule has 1 N–H and O–H groups in total. The molecule has 2 aromatic rings. The van der Waals surface area contributed by atoms with Crippen molar-refractivity contribution in [3.05, 3.63) is 61.6 Å². The minimum absolute atomic E-state index is 0.470. The number of hydrogen-bond donors (Lipinski definition) is 1. The van der Waals surface area contributed by atoms with E-state index in [4.69, 9.17) is 33.0 Å². The lowest BCUT2D eigenvalue weighted by atomic mass is 10.1. The minimum atomic E-state index is -4.71. The molecule has 2 aromatic carbocycles. The largest absolute Gasteiger partial charge is 0.477 e. The van der Waals surface area contributed by atoms with E-state index in [0.717, 1.165) is 18.2 Å². The SMILES string of the molecule is O=C(O)c1cccc(Oc2c(Cl)cc(C(F)(F)F)cc2Cl)c1[N+](=O)[O-]. The van der Waals surface area contributed by atoms with Crippen molar-refractivity contribution < 1.29 is 32.7 Å². The van der Waals surface area contributed by atoms with Crippen molar-refractivity contribution >= 4 is 34.9 Å². The van der Waals surface area contributed by atoms with Crippen LogP contribution in [0.25, 0.3) is 0 Å². The maximum absolute atomic E-state index is 12.7. The van der Waals surface area contributed by atoms with Gasteiger partial charge in [-0.15, -0.1) is 0 Å². The lowest BCUT2D eigenvalue weighted by Crippen LogP contribution is -2.06. The van der Waals surface area contributed by atoms with Crippen molar-refractivity contribution in [2.24, 2.45) is 0 Å². The number of aromatic carboxylic acids is 1. The first-order valence-electron chi connectivity index (χ1n) is 6.27. The van der Waals surface area contributed by atoms with Crippen LogP contribution in [0.4, 0.5) is 18.9 Å². The molecule has 0 amide bonds. The number of carboxylic acids is 1. The number of carboxylic acid groups (broad SMARTS) is 1. The van der Waals surface area contributed by atoms with Gasteiger partial charge < -0.3 is 9.84 Å². The van der Waals surface area contributed by atoms with E-state index in [1.165, 1.54) is 0 Å². The van der Waals surface area contributed by atoms with Gasteiger partial charge in [-0.1, -0.05) is 29.3 Å². The predicted octanol–water partition coefficient (Wildman–Crippen LogP) is 5.41. The van der Waals surface area contributed by atoms with E-state index in [-0.39, 0.29) is 0 Å². The number of halogens is 5. The van der Waals surface area contributed by atoms with Crippen LogP contribution in [0.2, 0.25) is 10.0 Å². The van der Waals surface area contributed by atoms with E-state index >= 15 is 0 Å². The van der Waals surface area contributed by atoms with Crippen LogP contribution in [-0.2, 0) is 6.18 Å². The second-order valence-electron chi connectivity index (χ2n) is 4.58. The summed E-state index contributed by atoms with van der Waals surface area (Å²) in [7, 11) is 0. The van der Waals surface area contributed by atoms with Crippen LogP contribution >= 0.6 is 23.2 Å². The molecule has 0 radical (unpaired) electrons. The van der Waals surface area contributed by atoms with E-state index in [9.17, 15) is 28.1 Å². The van der Waals surface area contributed by atoms with Crippen molar-refractivity contribution in [3.8, 4) is 11.5 Å². The van der Waals surface area contributed by atoms with E-state index in [1.807, 2.05) is 0 Å². The zero-order valence-electron chi connectivity index (χ0n) is 11.8. The van der Waals surface area contributed by atoms with E-state index in [0.29, 0.717) is 12.1 Å². The number of nitrogens with zero attached hydrogens (tertiary/aromatic N) is 1. The number of alkyl halides is 3. The average molecular weight is 396 g/mol. The molecule has 25 heavy (non-hydrogen) atoms. The molecule has 0 aliphatic carbocycles. The lowest BCUT2D eigenvalue weighted by molar-refractivity contribution is -0.386. The van der Waals surface area contributed by atoms with Gasteiger partial charge in [0.2, 0.25) is 5.75 Å². The Bertz CT molecular complexity index is 847. The summed E-state index contributed by atoms with van der Waals surface area (Å²) < 4.78 is 43.3. The van der Waals surface area contributed by atoms with Gasteiger partial charge in [0.25, 0.3) is 0 Å². The quantitative estimate of drug-likeness (QED) is 0.551. The summed E-state index contributed by atoms with van der Waals surface area (Å²) in [5.74, 6) is -2.59. The highest BCUT2D eigenvalue weighted by Crippen LogP contribution is 2.43. The van der Waals surface area contributed by atoms with Crippen molar-refractivity contribution in [2.75, 3.05) is 0 Å². The molecule has 2 rings (SSSR count). The second kappa shape index (κ2) is 6.77. The highest BCUT2D eigenvalue weighted by molar-refractivity contribution is 6.37. The summed E-state index contributed by atoms with van der Waals surface area (Å²) >= 11 is 11.5. The number of carbonyl (C=O) groups is 1. The number of para-hydroxylation sites is 1. The van der Waals surface area contributed by atoms with Crippen LogP contribution in [0.5, 0.6) is 11.5 Å². The molecule has 0 saturated heterocycles. The first kappa shape index (κ1) is 18.8. The Labute approximate surface area is 147 Å². The Kier molecular flexibility index (Phi) is 5.09. The monoisotopic (exact) mass is 395 g/mol. The number of nitro groups is 1. The molecule has 132 valence electrons. The van der Waals surface area contributed by atoms with Gasteiger partial charge in [0.05, 0.1) is 20.5 Å². The Morgan fingerprint density at radius 3 is 2.20 bits per heavy atom. The molecule has 0 fully saturated rings. The molecular weight excluding hydrogens is 390 g/mol. The van der Waals surface area contributed by atoms with Crippen molar-refractivity contribution in [2.45, 2.75) is 6.18 Å². The normalized spacial score (nSPS) is 11.2. The fourth-order valence-electron chi connectivity index (χ4n) is 1.90. The Hall–Kier alpha value is -2.52. The predicted molar refractivity (Wildman–Crippen MR) is 81.6 cm³/mol. The Balaban J connectivity index is 2.56. The molecule has 0 bridgehead atoms. The summed E-state index contributed by atoms with van der Waals surface area (Å²) in [6.07, 6.45) is -4.71. The van der Waals surface area contributed by atoms with Crippen LogP contribution in [0.1, 0.15) is 15.9 Å². The van der Waals surface area contributed by atoms with Gasteiger partial charge in [0.15, 0.2) is 5.75 Å². The van der Waals surface area contributed by atoms with Gasteiger partial charge in [-0.2, -0.15) is 13.2 Å². The van der Waals surface area contributed by atoms with Crippen LogP contribution in [0.15, 0.2) is 30.3 Å². The third kappa shape index (κ3) is 3.94. The van der Waals surface area contributed by atoms with Crippen LogP contribution < -0.4 is 4.74 Å². The van der Waals surface area contributed by atoms with Crippen LogP contribution in [0, 0.1) is 10.1 Å². The lowest BCUT2D eigenvalue weighted by Gasteiger charge is -2.13. The third-order valence-electron chi connectivity index (χ3n) is 2.95. The van der Waals surface area contributed by atoms with Gasteiger partial charge >= 0.3 is 17.8 Å². The average Bonchev–Trinajstić information content (AvgIpc) is 2.49. The van der Waals surface area contributed by atoms with E-state index < -0.39 is 55.4 Å². The van der Waals surface area contributed by atoms with Crippen LogP contribution in [-0.4, -0.2) is 16.0 Å². The summed E-state index contributed by atoms with van der Waals surface area (Å²) in [6, 6.07) is 4.28. The van der Waals surface area contributed by atoms with Crippen LogP contribution in [0.3, 0.4) is 0 Å². The number of hydrogen-bond acceptors (Lipinski definition) is 4. The smallest absolute Gasteiger partial charge is 0.416 e. The van der Waals surface area contributed by atoms with Crippen molar-refractivity contribution in [1.82, 2.24) is 0 Å². The van der Waals surface area contributed by atoms with Gasteiger partial charge in [0.1, 0.15) is 5.56 Å². The van der Waals surface area contributed by atoms with E-state index in [2.05, 4.69) is 0 Å². The summed E-state index contributed by atoms with van der Waals surface area (Å²) in [4.78, 5) is 21.2. The first-order chi connectivity index (χ1) is 11.5. The van der Waals surface area contributed by atoms with Gasteiger partial charge in [-0.3, -0.25) is 10.1 Å². The molecule has 0 atom stereocenters. The molecule has 11 heteroatoms. The molecule has 0 heterocycles. The molecule has 0 aliphatic rings. The molecule has 0 aliphatic heterocycles. The molecular formula is C14H6Cl2F3NO5. The molecule has 0 saturated carbocycles. The number of ether oxygens (including phenoxy) is 1. The van der Waals surface area contributed by atoms with Gasteiger partial charge in [-0.05, 0) is 24.3 Å². The standard InChI is InChI=1S/C14H6Cl2F3NO5/c15-8-4-6(14(17,18)19)5-9(16)12(8)25-10-3-1-2-7(13(21)22)11(10)20(23)24/h1-5H,(H,21,22). The fraction of sp³-hybridized carbons (Fsp3) is 0.0714. The maximum Gasteiger partial charge on any atom is 0.416 e. The molecule has 0 unspecified atom stereocenters. The topological polar surface area (TPSA) is 89.7 Å². The van der Waals surface area contributed by atoms with E-state index in [1.54, 1.807) is 0 Å². The zero-order valence-corrected chi connectivity index (χ0v) is 13.3. The molecule has 6 nitrogen and oxygen atoms in total. The summed E-state index contributed by atoms with van der Waals surface area (Å²) in [5.41, 5.74) is -2.69. The number of rotatable bonds is 4. The molecule has 0 aromatic heterocycles. The first-order valence-corrected chi connectivity index (χ1v) is 7.02. The number of nitro benzene ring substituents is 1. The third-order valence-corrected chi connectivity index (χ3v) is 3.51. The summed E-state index contributed by atoms with van der Waals surface area (Å²) in [5, 5.41) is 19.1. The highest BCUT2D eigenvalue weighted by atomic mass is 35.5. The van der Waals surface area contributed by atoms with Gasteiger partial charge in [-0.25, -0.2) is 4.79 Å². The van der Waals surface area contributed by atoms with Gasteiger partial charge in [0, 0.05) is 0 Å². The Morgan fingerprint density at radius 1 is 1.20 bits per heavy atom. The zero-order chi connectivity index (χ0) is 18.9. The van der Waals surface area contributed by atoms with Crippen molar-refractivity contribution in [3.63, 3.8) is 0 Å². The van der Waals surface area contributed by atoms with Crippen molar-refractivity contribution in [1.29, 1.82) is 0 Å². The highest BCUT2D eigenvalue weighted by Gasteiger charge is 2.33. The molecule has 0 spiro atoms.